The largest absolute Gasteiger partial charge is 0.508 e. The van der Waals surface area contributed by atoms with Gasteiger partial charge in [-0.15, -0.1) is 0 Å². The number of hydrogen-bond donors (Lipinski definition) is 10. The van der Waals surface area contributed by atoms with Crippen LogP contribution >= 0.6 is 11.3 Å². The third-order valence-corrected chi connectivity index (χ3v) is 9.42. The normalized spacial score (nSPS) is 14.4. The van der Waals surface area contributed by atoms with E-state index >= 15 is 0 Å². The van der Waals surface area contributed by atoms with Gasteiger partial charge in [-0.25, -0.2) is 4.79 Å². The van der Waals surface area contributed by atoms with E-state index in [-0.39, 0.29) is 24.5 Å². The van der Waals surface area contributed by atoms with Crippen LogP contribution in [0.25, 0.3) is 0 Å². The van der Waals surface area contributed by atoms with Gasteiger partial charge < -0.3 is 53.0 Å². The van der Waals surface area contributed by atoms with Gasteiger partial charge >= 0.3 is 11.9 Å². The van der Waals surface area contributed by atoms with Gasteiger partial charge in [0.2, 0.25) is 35.4 Å². The standard InChI is InChI=1S/C38H55N7O11S/c1-19(2)13-28(38(55)56)43-35(52)27(16-30(48)49)41-34(51)26(15-29(39)47)42-36(53)31(20(3)4)45-37(54)32(21(5)6)44-33(50)25(40-17-23-11-12-57-18-23)14-22-7-9-24(46)10-8-22/h7-12,18-21,25-28,31-32,40,46H,13-17H2,1-6H3,(H2,39,47)(H,41,51)(H,42,53)(H,43,52)(H,44,50)(H,45,54)(H,48,49)(H,55,56)/t25-,26-,27-,28-,31-,32-/m0/s1. The first-order valence-corrected chi connectivity index (χ1v) is 19.4. The van der Waals surface area contributed by atoms with Gasteiger partial charge in [-0.3, -0.25) is 33.6 Å². The number of thiophene rings is 1. The molecule has 6 amide bonds. The smallest absolute Gasteiger partial charge is 0.326 e. The lowest BCUT2D eigenvalue weighted by Crippen LogP contribution is -2.61. The zero-order valence-corrected chi connectivity index (χ0v) is 33.7. The van der Waals surface area contributed by atoms with Crippen molar-refractivity contribution in [2.45, 2.75) is 110 Å². The second-order valence-corrected chi connectivity index (χ2v) is 15.6. The molecule has 0 bridgehead atoms. The van der Waals surface area contributed by atoms with Crippen LogP contribution in [-0.2, 0) is 51.3 Å². The van der Waals surface area contributed by atoms with Crippen molar-refractivity contribution >= 4 is 58.7 Å². The van der Waals surface area contributed by atoms with E-state index in [4.69, 9.17) is 5.73 Å². The fraction of sp³-hybridized carbons (Fsp3) is 0.526. The summed E-state index contributed by atoms with van der Waals surface area (Å²) in [4.78, 5) is 103. The summed E-state index contributed by atoms with van der Waals surface area (Å²) < 4.78 is 0. The molecule has 0 aliphatic heterocycles. The summed E-state index contributed by atoms with van der Waals surface area (Å²) in [7, 11) is 0. The van der Waals surface area contributed by atoms with Crippen LogP contribution in [0.5, 0.6) is 5.75 Å². The summed E-state index contributed by atoms with van der Waals surface area (Å²) in [6.07, 6.45) is -1.52. The highest BCUT2D eigenvalue weighted by Crippen LogP contribution is 2.14. The molecule has 0 aliphatic carbocycles. The highest BCUT2D eigenvalue weighted by Gasteiger charge is 2.36. The molecule has 0 aliphatic rings. The number of primary amides is 1. The summed E-state index contributed by atoms with van der Waals surface area (Å²) in [5.41, 5.74) is 7.05. The Labute approximate surface area is 335 Å². The monoisotopic (exact) mass is 817 g/mol. The molecule has 57 heavy (non-hydrogen) atoms. The van der Waals surface area contributed by atoms with E-state index in [1.807, 2.05) is 16.8 Å². The minimum atomic E-state index is -1.80. The number of phenols is 1. The molecule has 0 saturated heterocycles. The van der Waals surface area contributed by atoms with Crippen LogP contribution in [0.3, 0.4) is 0 Å². The Kier molecular flexibility index (Phi) is 19.1. The highest BCUT2D eigenvalue weighted by molar-refractivity contribution is 7.07. The van der Waals surface area contributed by atoms with E-state index in [1.54, 1.807) is 53.7 Å². The lowest BCUT2D eigenvalue weighted by atomic mass is 9.98. The number of amides is 6. The summed E-state index contributed by atoms with van der Waals surface area (Å²) in [6.45, 7) is 10.4. The Morgan fingerprint density at radius 1 is 0.632 bits per heavy atom. The predicted molar refractivity (Wildman–Crippen MR) is 209 cm³/mol. The molecule has 314 valence electrons. The Bertz CT molecular complexity index is 1700. The predicted octanol–water partition coefficient (Wildman–Crippen LogP) is 0.371. The van der Waals surface area contributed by atoms with Gasteiger partial charge in [0.1, 0.15) is 36.0 Å². The molecule has 0 unspecified atom stereocenters. The molecule has 1 aromatic heterocycles. The number of phenolic OH excluding ortho intramolecular Hbond substituents is 1. The molecule has 0 radical (unpaired) electrons. The minimum Gasteiger partial charge on any atom is -0.508 e. The number of aromatic hydroxyl groups is 1. The molecule has 18 nitrogen and oxygen atoms in total. The molecule has 0 saturated carbocycles. The fourth-order valence-corrected chi connectivity index (χ4v) is 6.29. The Balaban J connectivity index is 2.26. The van der Waals surface area contributed by atoms with Gasteiger partial charge in [-0.05, 0) is 70.7 Å². The quantitative estimate of drug-likeness (QED) is 0.0688. The number of benzene rings is 1. The van der Waals surface area contributed by atoms with Gasteiger partial charge in [-0.2, -0.15) is 11.3 Å². The summed E-state index contributed by atoms with van der Waals surface area (Å²) in [5.74, 6) is -9.57. The zero-order chi connectivity index (χ0) is 43.0. The third-order valence-electron chi connectivity index (χ3n) is 8.69. The molecule has 1 aromatic carbocycles. The van der Waals surface area contributed by atoms with Gasteiger partial charge in [-0.1, -0.05) is 53.7 Å². The number of aliphatic carboxylic acids is 2. The number of nitrogens with one attached hydrogen (secondary N) is 6. The average Bonchev–Trinajstić information content (AvgIpc) is 3.63. The van der Waals surface area contributed by atoms with Gasteiger partial charge in [0.05, 0.1) is 18.9 Å². The van der Waals surface area contributed by atoms with Gasteiger partial charge in [0, 0.05) is 6.54 Å². The van der Waals surface area contributed by atoms with Crippen molar-refractivity contribution in [1.82, 2.24) is 31.9 Å². The Hall–Kier alpha value is -5.56. The van der Waals surface area contributed by atoms with E-state index in [0.29, 0.717) is 6.54 Å². The molecule has 0 spiro atoms. The average molecular weight is 818 g/mol. The summed E-state index contributed by atoms with van der Waals surface area (Å²) >= 11 is 1.50. The summed E-state index contributed by atoms with van der Waals surface area (Å²) in [6, 6.07) is 0.0543. The van der Waals surface area contributed by atoms with Crippen LogP contribution in [0.4, 0.5) is 0 Å². The van der Waals surface area contributed by atoms with Crippen molar-refractivity contribution in [2.24, 2.45) is 23.5 Å². The van der Waals surface area contributed by atoms with Crippen LogP contribution in [-0.4, -0.2) is 99.0 Å². The first-order chi connectivity index (χ1) is 26.7. The number of carboxylic acid groups (broad SMARTS) is 2. The fourth-order valence-electron chi connectivity index (χ4n) is 5.62. The summed E-state index contributed by atoms with van der Waals surface area (Å²) in [5, 5.41) is 47.9. The van der Waals surface area contributed by atoms with Crippen molar-refractivity contribution in [2.75, 3.05) is 0 Å². The van der Waals surface area contributed by atoms with Crippen molar-refractivity contribution in [3.63, 3.8) is 0 Å². The Morgan fingerprint density at radius 3 is 1.60 bits per heavy atom. The van der Waals surface area contributed by atoms with Crippen LogP contribution in [0, 0.1) is 17.8 Å². The van der Waals surface area contributed by atoms with Crippen LogP contribution in [0.2, 0.25) is 0 Å². The van der Waals surface area contributed by atoms with Crippen LogP contribution in [0.1, 0.15) is 71.9 Å². The minimum absolute atomic E-state index is 0.00562. The van der Waals surface area contributed by atoms with E-state index in [9.17, 15) is 53.7 Å². The maximum atomic E-state index is 13.8. The number of nitrogens with two attached hydrogens (primary N) is 1. The van der Waals surface area contributed by atoms with E-state index in [1.165, 1.54) is 23.5 Å². The van der Waals surface area contributed by atoms with Crippen molar-refractivity contribution < 1.29 is 53.7 Å². The molecular formula is C38H55N7O11S. The molecular weight excluding hydrogens is 763 g/mol. The topological polar surface area (TPSA) is 295 Å². The van der Waals surface area contributed by atoms with Crippen LogP contribution in [0.15, 0.2) is 41.1 Å². The first kappa shape index (κ1) is 47.6. The van der Waals surface area contributed by atoms with E-state index in [0.717, 1.165) is 11.1 Å². The molecule has 0 fully saturated rings. The molecule has 6 atom stereocenters. The van der Waals surface area contributed by atoms with E-state index < -0.39 is 108 Å². The van der Waals surface area contributed by atoms with E-state index in [2.05, 4.69) is 31.9 Å². The molecule has 2 aromatic rings. The molecule has 11 N–H and O–H groups in total. The van der Waals surface area contributed by atoms with Gasteiger partial charge in [0.15, 0.2) is 0 Å². The number of carbonyl (C=O) groups excluding carboxylic acids is 6. The van der Waals surface area contributed by atoms with Gasteiger partial charge in [0.25, 0.3) is 0 Å². The van der Waals surface area contributed by atoms with Crippen molar-refractivity contribution in [3.05, 3.63) is 52.2 Å². The third kappa shape index (κ3) is 16.6. The Morgan fingerprint density at radius 2 is 1.12 bits per heavy atom. The molecule has 19 heteroatoms. The highest BCUT2D eigenvalue weighted by atomic mass is 32.1. The molecule has 2 rings (SSSR count). The first-order valence-electron chi connectivity index (χ1n) is 18.4. The molecule has 1 heterocycles. The maximum Gasteiger partial charge on any atom is 0.326 e. The van der Waals surface area contributed by atoms with Crippen molar-refractivity contribution in [1.29, 1.82) is 0 Å². The van der Waals surface area contributed by atoms with Crippen molar-refractivity contribution in [3.8, 4) is 5.75 Å². The number of carboxylic acids is 2. The number of rotatable bonds is 24. The SMILES string of the molecule is CC(C)C[C@H](NC(=O)[C@H](CC(=O)O)NC(=O)[C@H](CC(N)=O)NC(=O)[C@@H](NC(=O)[C@@H](NC(=O)[C@H](Cc1ccc(O)cc1)NCc1ccsc1)C(C)C)C(C)C)C(=O)O. The second-order valence-electron chi connectivity index (χ2n) is 14.8. The number of hydrogen-bond acceptors (Lipinski definition) is 11. The zero-order valence-electron chi connectivity index (χ0n) is 32.9. The number of carbonyl (C=O) groups is 8. The van der Waals surface area contributed by atoms with Crippen LogP contribution < -0.4 is 37.6 Å². The second kappa shape index (κ2) is 22.9. The lowest BCUT2D eigenvalue weighted by Gasteiger charge is -2.29. The maximum absolute atomic E-state index is 13.8. The lowest BCUT2D eigenvalue weighted by molar-refractivity contribution is -0.144.